The van der Waals surface area contributed by atoms with Crippen molar-refractivity contribution in [1.82, 2.24) is 19.2 Å². The summed E-state index contributed by atoms with van der Waals surface area (Å²) in [5.74, 6) is 0. The van der Waals surface area contributed by atoms with Gasteiger partial charge >= 0.3 is 0 Å². The Kier molecular flexibility index (Phi) is 4.13. The summed E-state index contributed by atoms with van der Waals surface area (Å²) < 4.78 is 3.96. The van der Waals surface area contributed by atoms with E-state index in [1.165, 1.54) is 11.1 Å². The fourth-order valence-electron chi connectivity index (χ4n) is 4.28. The molecule has 0 saturated carbocycles. The summed E-state index contributed by atoms with van der Waals surface area (Å²) in [6, 6.07) is 33.3. The SMILES string of the molecule is c1ccc(-c2nn3ccccc3c2Cc2c(-c3ccccc3)nn3ccccc23)cc1. The number of benzene rings is 2. The molecular formula is C27H20N4. The predicted molar refractivity (Wildman–Crippen MR) is 124 cm³/mol. The Morgan fingerprint density at radius 3 is 1.35 bits per heavy atom. The molecule has 0 aliphatic heterocycles. The van der Waals surface area contributed by atoms with Gasteiger partial charge in [-0.25, -0.2) is 9.03 Å². The quantitative estimate of drug-likeness (QED) is 0.369. The van der Waals surface area contributed by atoms with E-state index in [-0.39, 0.29) is 0 Å². The average Bonchev–Trinajstić information content (AvgIpc) is 3.40. The van der Waals surface area contributed by atoms with Crippen molar-refractivity contribution in [2.45, 2.75) is 6.42 Å². The zero-order valence-corrected chi connectivity index (χ0v) is 16.9. The molecule has 6 aromatic rings. The summed E-state index contributed by atoms with van der Waals surface area (Å²) in [5.41, 5.74) is 8.94. The topological polar surface area (TPSA) is 34.6 Å². The van der Waals surface area contributed by atoms with Gasteiger partial charge in [0, 0.05) is 41.1 Å². The Morgan fingerprint density at radius 2 is 0.903 bits per heavy atom. The molecule has 0 aliphatic rings. The molecule has 0 spiro atoms. The second kappa shape index (κ2) is 7.26. The van der Waals surface area contributed by atoms with E-state index >= 15 is 0 Å². The van der Waals surface area contributed by atoms with Crippen LogP contribution in [0.5, 0.6) is 0 Å². The smallest absolute Gasteiger partial charge is 0.0969 e. The first kappa shape index (κ1) is 17.7. The van der Waals surface area contributed by atoms with Gasteiger partial charge in [0.2, 0.25) is 0 Å². The van der Waals surface area contributed by atoms with E-state index in [1.54, 1.807) is 0 Å². The fraction of sp³-hybridized carbons (Fsp3) is 0.0370. The van der Waals surface area contributed by atoms with Gasteiger partial charge in [0.15, 0.2) is 0 Å². The van der Waals surface area contributed by atoms with Crippen LogP contribution in [0.1, 0.15) is 11.1 Å². The molecule has 4 heteroatoms. The van der Waals surface area contributed by atoms with Gasteiger partial charge in [-0.05, 0) is 24.3 Å². The summed E-state index contributed by atoms with van der Waals surface area (Å²) in [5, 5.41) is 9.87. The molecule has 0 saturated heterocycles. The van der Waals surface area contributed by atoms with Crippen LogP contribution in [0.2, 0.25) is 0 Å². The fourth-order valence-corrected chi connectivity index (χ4v) is 4.28. The molecule has 0 aliphatic carbocycles. The van der Waals surface area contributed by atoms with E-state index < -0.39 is 0 Å². The van der Waals surface area contributed by atoms with E-state index in [0.29, 0.717) is 0 Å². The van der Waals surface area contributed by atoms with Crippen LogP contribution in [0.15, 0.2) is 109 Å². The maximum atomic E-state index is 4.94. The summed E-state index contributed by atoms with van der Waals surface area (Å²) >= 11 is 0. The van der Waals surface area contributed by atoms with Crippen LogP contribution >= 0.6 is 0 Å². The molecule has 2 aromatic carbocycles. The molecule has 4 aromatic heterocycles. The third-order valence-electron chi connectivity index (χ3n) is 5.73. The van der Waals surface area contributed by atoms with Crippen LogP contribution in [0.4, 0.5) is 0 Å². The van der Waals surface area contributed by atoms with Crippen molar-refractivity contribution in [1.29, 1.82) is 0 Å². The molecule has 6 rings (SSSR count). The van der Waals surface area contributed by atoms with Crippen LogP contribution in [0.25, 0.3) is 33.5 Å². The molecule has 0 atom stereocenters. The van der Waals surface area contributed by atoms with Crippen LogP contribution in [0.3, 0.4) is 0 Å². The van der Waals surface area contributed by atoms with E-state index in [1.807, 2.05) is 45.7 Å². The second-order valence-corrected chi connectivity index (χ2v) is 7.62. The number of hydrogen-bond acceptors (Lipinski definition) is 2. The van der Waals surface area contributed by atoms with Crippen LogP contribution in [-0.2, 0) is 6.42 Å². The minimum Gasteiger partial charge on any atom is -0.240 e. The summed E-state index contributed by atoms with van der Waals surface area (Å²) in [6.07, 6.45) is 4.77. The van der Waals surface area contributed by atoms with Crippen molar-refractivity contribution in [2.75, 3.05) is 0 Å². The molecule has 0 fully saturated rings. The van der Waals surface area contributed by atoms with E-state index in [2.05, 4.69) is 72.8 Å². The number of aromatic nitrogens is 4. The molecule has 0 unspecified atom stereocenters. The Bertz CT molecular complexity index is 1380. The standard InChI is InChI=1S/C27H20N4/c1-3-11-20(12-4-1)26-22(24-15-7-9-17-30(24)28-26)19-23-25-16-8-10-18-31(25)29-27(23)21-13-5-2-6-14-21/h1-18H,19H2. The van der Waals surface area contributed by atoms with E-state index in [0.717, 1.165) is 40.0 Å². The summed E-state index contributed by atoms with van der Waals surface area (Å²) in [6.45, 7) is 0. The lowest BCUT2D eigenvalue weighted by Gasteiger charge is -2.06. The number of rotatable bonds is 4. The molecule has 0 bridgehead atoms. The Balaban J connectivity index is 1.60. The van der Waals surface area contributed by atoms with Crippen molar-refractivity contribution in [3.63, 3.8) is 0 Å². The maximum Gasteiger partial charge on any atom is 0.0969 e. The molecule has 0 radical (unpaired) electrons. The van der Waals surface area contributed by atoms with Crippen LogP contribution in [0, 0.1) is 0 Å². The molecular weight excluding hydrogens is 380 g/mol. The largest absolute Gasteiger partial charge is 0.240 e. The van der Waals surface area contributed by atoms with Crippen molar-refractivity contribution in [2.24, 2.45) is 0 Å². The average molecular weight is 400 g/mol. The lowest BCUT2D eigenvalue weighted by atomic mass is 9.96. The zero-order chi connectivity index (χ0) is 20.6. The highest BCUT2D eigenvalue weighted by Gasteiger charge is 2.20. The molecule has 148 valence electrons. The monoisotopic (exact) mass is 400 g/mol. The van der Waals surface area contributed by atoms with E-state index in [9.17, 15) is 0 Å². The first-order valence-corrected chi connectivity index (χ1v) is 10.4. The van der Waals surface area contributed by atoms with E-state index in [4.69, 9.17) is 10.2 Å². The van der Waals surface area contributed by atoms with Gasteiger partial charge in [0.1, 0.15) is 0 Å². The van der Waals surface area contributed by atoms with Gasteiger partial charge in [-0.2, -0.15) is 10.2 Å². The Hall–Kier alpha value is -4.18. The summed E-state index contributed by atoms with van der Waals surface area (Å²) in [4.78, 5) is 0. The first-order chi connectivity index (χ1) is 15.4. The highest BCUT2D eigenvalue weighted by Crippen LogP contribution is 2.33. The highest BCUT2D eigenvalue weighted by atomic mass is 15.2. The molecule has 31 heavy (non-hydrogen) atoms. The third kappa shape index (κ3) is 3.01. The normalized spacial score (nSPS) is 11.4. The van der Waals surface area contributed by atoms with Gasteiger partial charge < -0.3 is 0 Å². The zero-order valence-electron chi connectivity index (χ0n) is 16.9. The van der Waals surface area contributed by atoms with Crippen LogP contribution in [-0.4, -0.2) is 19.2 Å². The maximum absolute atomic E-state index is 4.94. The molecule has 0 amide bonds. The number of pyridine rings is 2. The molecule has 4 nitrogen and oxygen atoms in total. The third-order valence-corrected chi connectivity index (χ3v) is 5.73. The number of nitrogens with zero attached hydrogens (tertiary/aromatic N) is 4. The van der Waals surface area contributed by atoms with Crippen molar-refractivity contribution in [3.8, 4) is 22.5 Å². The number of fused-ring (bicyclic) bond motifs is 2. The van der Waals surface area contributed by atoms with Crippen LogP contribution < -0.4 is 0 Å². The van der Waals surface area contributed by atoms with Gasteiger partial charge in [-0.1, -0.05) is 72.8 Å². The Labute approximate surface area is 180 Å². The molecule has 4 heterocycles. The highest BCUT2D eigenvalue weighted by molar-refractivity contribution is 5.78. The van der Waals surface area contributed by atoms with Gasteiger partial charge in [0.25, 0.3) is 0 Å². The predicted octanol–water partition coefficient (Wildman–Crippen LogP) is 5.91. The lowest BCUT2D eigenvalue weighted by molar-refractivity contribution is 0.966. The van der Waals surface area contributed by atoms with Crippen molar-refractivity contribution < 1.29 is 0 Å². The second-order valence-electron chi connectivity index (χ2n) is 7.62. The van der Waals surface area contributed by atoms with Gasteiger partial charge in [-0.3, -0.25) is 0 Å². The Morgan fingerprint density at radius 1 is 0.484 bits per heavy atom. The molecule has 0 N–H and O–H groups in total. The first-order valence-electron chi connectivity index (χ1n) is 10.4. The summed E-state index contributed by atoms with van der Waals surface area (Å²) in [7, 11) is 0. The number of hydrogen-bond donors (Lipinski definition) is 0. The van der Waals surface area contributed by atoms with Gasteiger partial charge in [-0.15, -0.1) is 0 Å². The minimum absolute atomic E-state index is 0.746. The minimum atomic E-state index is 0.746. The van der Waals surface area contributed by atoms with Crippen molar-refractivity contribution >= 4 is 11.0 Å². The van der Waals surface area contributed by atoms with Gasteiger partial charge in [0.05, 0.1) is 22.4 Å². The lowest BCUT2D eigenvalue weighted by Crippen LogP contribution is -1.93. The van der Waals surface area contributed by atoms with Crippen molar-refractivity contribution in [3.05, 3.63) is 121 Å².